The van der Waals surface area contributed by atoms with Gasteiger partial charge in [0.15, 0.2) is 0 Å². The molecule has 0 saturated heterocycles. The minimum absolute atomic E-state index is 0.358. The van der Waals surface area contributed by atoms with Gasteiger partial charge in [0, 0.05) is 12.2 Å². The first-order chi connectivity index (χ1) is 3.92. The molecule has 0 aromatic rings. The van der Waals surface area contributed by atoms with Crippen LogP contribution in [0.5, 0.6) is 0 Å². The van der Waals surface area contributed by atoms with Crippen LogP contribution in [0.1, 0.15) is 6.42 Å². The van der Waals surface area contributed by atoms with Gasteiger partial charge >= 0.3 is 0 Å². The summed E-state index contributed by atoms with van der Waals surface area (Å²) in [6, 6.07) is 0. The van der Waals surface area contributed by atoms with E-state index in [1.165, 1.54) is 0 Å². The summed E-state index contributed by atoms with van der Waals surface area (Å²) in [5.74, 6) is -0.358. The number of hydrogen-bond donors (Lipinski definition) is 0. The van der Waals surface area contributed by atoms with Crippen LogP contribution in [0.3, 0.4) is 0 Å². The Labute approximate surface area is 64.6 Å². The number of hydrogen-bond acceptors (Lipinski definition) is 2. The average Bonchev–Trinajstić information content (AvgIpc) is 1.59. The first-order valence-electron chi connectivity index (χ1n) is 2.04. The number of rotatable bonds is 3. The minimum Gasteiger partial charge on any atom is -0.772 e. The molecule has 0 aliphatic heterocycles. The van der Waals surface area contributed by atoms with Crippen LogP contribution in [0.2, 0.25) is 0 Å². The molecule has 0 aromatic carbocycles. The summed E-state index contributed by atoms with van der Waals surface area (Å²) >= 11 is 7.33. The molecule has 0 rings (SSSR count). The van der Waals surface area contributed by atoms with Crippen molar-refractivity contribution >= 4 is 34.3 Å². The summed E-state index contributed by atoms with van der Waals surface area (Å²) in [6.07, 6.45) is -0.397. The fourth-order valence-corrected chi connectivity index (χ4v) is 1.06. The topological polar surface area (TPSA) is 40.1 Å². The van der Waals surface area contributed by atoms with Crippen LogP contribution in [0.15, 0.2) is 0 Å². The molecule has 0 radical (unpaired) electrons. The Morgan fingerprint density at radius 3 is 2.22 bits per heavy atom. The highest BCUT2D eigenvalue weighted by Crippen LogP contribution is 2.26. The van der Waals surface area contributed by atoms with E-state index in [1.54, 1.807) is 0 Å². The van der Waals surface area contributed by atoms with E-state index in [9.17, 15) is 13.2 Å². The molecule has 0 amide bonds. The second kappa shape index (κ2) is 3.71. The van der Waals surface area contributed by atoms with Crippen molar-refractivity contribution in [3.8, 4) is 0 Å². The summed E-state index contributed by atoms with van der Waals surface area (Å²) in [7, 11) is 0. The van der Waals surface area contributed by atoms with E-state index in [1.807, 2.05) is 0 Å². The normalized spacial score (nSPS) is 15.6. The fraction of sp³-hybridized carbons (Fsp3) is 1.00. The molecule has 0 bridgehead atoms. The monoisotopic (exact) mass is 193 g/mol. The summed E-state index contributed by atoms with van der Waals surface area (Å²) in [5.41, 5.74) is 0. The van der Waals surface area contributed by atoms with Crippen molar-refractivity contribution < 1.29 is 13.2 Å². The average molecular weight is 194 g/mol. The number of alkyl halides is 3. The lowest BCUT2D eigenvalue weighted by Gasteiger charge is -2.09. The zero-order chi connectivity index (χ0) is 7.49. The molecule has 0 spiro atoms. The Bertz CT molecular complexity index is 113. The molecule has 0 aliphatic carbocycles. The van der Waals surface area contributed by atoms with Crippen molar-refractivity contribution in [1.82, 2.24) is 0 Å². The van der Waals surface area contributed by atoms with E-state index in [0.717, 1.165) is 0 Å². The van der Waals surface area contributed by atoms with Crippen LogP contribution >= 0.6 is 23.2 Å². The maximum atomic E-state index is 12.0. The molecule has 0 aliphatic rings. The van der Waals surface area contributed by atoms with E-state index in [-0.39, 0.29) is 5.75 Å². The van der Waals surface area contributed by atoms with Gasteiger partial charge in [0.1, 0.15) is 0 Å². The maximum absolute atomic E-state index is 12.0. The molecule has 0 fully saturated rings. The molecule has 56 valence electrons. The van der Waals surface area contributed by atoms with Gasteiger partial charge in [-0.15, -0.1) is 0 Å². The van der Waals surface area contributed by atoms with Gasteiger partial charge in [-0.1, -0.05) is 34.3 Å². The first kappa shape index (κ1) is 9.62. The highest BCUT2D eigenvalue weighted by molar-refractivity contribution is 7.79. The third kappa shape index (κ3) is 8.62. The Morgan fingerprint density at radius 1 is 1.67 bits per heavy atom. The van der Waals surface area contributed by atoms with Crippen LogP contribution in [-0.4, -0.2) is 19.1 Å². The van der Waals surface area contributed by atoms with Gasteiger partial charge in [-0.3, -0.25) is 4.21 Å². The Morgan fingerprint density at radius 2 is 2.11 bits per heavy atom. The van der Waals surface area contributed by atoms with E-state index < -0.39 is 22.1 Å². The predicted octanol–water partition coefficient (Wildman–Crippen LogP) is 1.36. The van der Waals surface area contributed by atoms with Crippen molar-refractivity contribution in [2.24, 2.45) is 0 Å². The molecule has 1 unspecified atom stereocenters. The standard InChI is InChI=1S/C3H5Cl2FO2S/c4-3(5,6)1-2-9(7)8/h1-2H2,(H,7,8)/p-1. The largest absolute Gasteiger partial charge is 0.772 e. The second-order valence-electron chi connectivity index (χ2n) is 1.37. The molecule has 2 nitrogen and oxygen atoms in total. The lowest BCUT2D eigenvalue weighted by atomic mass is 10.5. The molecular weight excluding hydrogens is 190 g/mol. The third-order valence-electron chi connectivity index (χ3n) is 0.552. The van der Waals surface area contributed by atoms with Crippen LogP contribution in [0, 0.1) is 0 Å². The van der Waals surface area contributed by atoms with Gasteiger partial charge in [-0.2, -0.15) is 0 Å². The van der Waals surface area contributed by atoms with Crippen LogP contribution < -0.4 is 0 Å². The Balaban J connectivity index is 3.39. The molecule has 0 N–H and O–H groups in total. The molecule has 6 heteroatoms. The van der Waals surface area contributed by atoms with Gasteiger partial charge in [0.2, 0.25) is 0 Å². The minimum atomic E-state index is -2.42. The summed E-state index contributed by atoms with van der Waals surface area (Å²) in [6.45, 7) is 0. The van der Waals surface area contributed by atoms with E-state index in [2.05, 4.69) is 0 Å². The lowest BCUT2D eigenvalue weighted by molar-refractivity contribution is 0.381. The molecule has 1 atom stereocenters. The Hall–Kier alpha value is 0.620. The van der Waals surface area contributed by atoms with Gasteiger partial charge in [0.05, 0.1) is 0 Å². The zero-order valence-corrected chi connectivity index (χ0v) is 6.60. The number of halogens is 3. The van der Waals surface area contributed by atoms with Crippen molar-refractivity contribution in [1.29, 1.82) is 0 Å². The first-order valence-corrected chi connectivity index (χ1v) is 4.04. The van der Waals surface area contributed by atoms with E-state index in [0.29, 0.717) is 0 Å². The molecule has 9 heavy (non-hydrogen) atoms. The van der Waals surface area contributed by atoms with Crippen LogP contribution in [0.25, 0.3) is 0 Å². The van der Waals surface area contributed by atoms with Crippen LogP contribution in [0.4, 0.5) is 4.39 Å². The predicted molar refractivity (Wildman–Crippen MR) is 33.9 cm³/mol. The quantitative estimate of drug-likeness (QED) is 0.502. The summed E-state index contributed by atoms with van der Waals surface area (Å²) < 4.78 is 29.1. The van der Waals surface area contributed by atoms with Crippen LogP contribution in [-0.2, 0) is 11.1 Å². The maximum Gasteiger partial charge on any atom is 0.258 e. The summed E-state index contributed by atoms with van der Waals surface area (Å²) in [5, 5.41) is 0. The highest BCUT2D eigenvalue weighted by Gasteiger charge is 2.20. The molecule has 0 heterocycles. The highest BCUT2D eigenvalue weighted by atomic mass is 35.5. The SMILES string of the molecule is O=S([O-])CCC(F)(Cl)Cl. The second-order valence-corrected chi connectivity index (χ2v) is 3.78. The third-order valence-corrected chi connectivity index (χ3v) is 1.47. The smallest absolute Gasteiger partial charge is 0.258 e. The van der Waals surface area contributed by atoms with E-state index in [4.69, 9.17) is 23.2 Å². The zero-order valence-electron chi connectivity index (χ0n) is 4.27. The molecular formula is C3H4Cl2FO2S-. The summed E-state index contributed by atoms with van der Waals surface area (Å²) in [4.78, 5) is 0. The van der Waals surface area contributed by atoms with Gasteiger partial charge < -0.3 is 4.55 Å². The molecule has 0 aromatic heterocycles. The van der Waals surface area contributed by atoms with Gasteiger partial charge in [0.25, 0.3) is 4.59 Å². The van der Waals surface area contributed by atoms with Gasteiger partial charge in [-0.05, 0) is 0 Å². The van der Waals surface area contributed by atoms with Crippen molar-refractivity contribution in [3.63, 3.8) is 0 Å². The van der Waals surface area contributed by atoms with Crippen molar-refractivity contribution in [3.05, 3.63) is 0 Å². The lowest BCUT2D eigenvalue weighted by Crippen LogP contribution is -2.09. The van der Waals surface area contributed by atoms with Gasteiger partial charge in [-0.25, -0.2) is 4.39 Å². The molecule has 0 saturated carbocycles. The fourth-order valence-electron chi connectivity index (χ4n) is 0.199. The van der Waals surface area contributed by atoms with E-state index >= 15 is 0 Å². The van der Waals surface area contributed by atoms with Crippen molar-refractivity contribution in [2.45, 2.75) is 11.0 Å². The van der Waals surface area contributed by atoms with Crippen molar-refractivity contribution in [2.75, 3.05) is 5.75 Å². The Kier molecular flexibility index (Phi) is 3.96.